The lowest BCUT2D eigenvalue weighted by atomic mass is 10.2. The van der Waals surface area contributed by atoms with E-state index >= 15 is 0 Å². The van der Waals surface area contributed by atoms with Crippen LogP contribution in [0.3, 0.4) is 0 Å². The van der Waals surface area contributed by atoms with Crippen LogP contribution in [-0.2, 0) is 4.79 Å². The van der Waals surface area contributed by atoms with Crippen molar-refractivity contribution in [2.75, 3.05) is 13.1 Å². The third-order valence-electron chi connectivity index (χ3n) is 3.76. The van der Waals surface area contributed by atoms with Gasteiger partial charge in [-0.3, -0.25) is 9.59 Å². The molecular weight excluding hydrogens is 325 g/mol. The normalized spacial score (nSPS) is 18.5. The van der Waals surface area contributed by atoms with Crippen LogP contribution >= 0.6 is 24.0 Å². The molecule has 0 aromatic heterocycles. The number of hydrogen-bond donors (Lipinski definition) is 2. The molecule has 0 saturated carbocycles. The molecule has 2 rings (SSSR count). The van der Waals surface area contributed by atoms with Crippen LogP contribution in [0.25, 0.3) is 0 Å². The van der Waals surface area contributed by atoms with Crippen molar-refractivity contribution in [2.45, 2.75) is 31.8 Å². The van der Waals surface area contributed by atoms with Gasteiger partial charge >= 0.3 is 0 Å². The molecule has 2 amide bonds. The highest BCUT2D eigenvalue weighted by molar-refractivity contribution is 6.30. The van der Waals surface area contributed by atoms with E-state index in [1.54, 1.807) is 36.1 Å². The van der Waals surface area contributed by atoms with Gasteiger partial charge in [0.1, 0.15) is 6.04 Å². The lowest BCUT2D eigenvalue weighted by molar-refractivity contribution is -0.133. The highest BCUT2D eigenvalue weighted by Crippen LogP contribution is 2.17. The Morgan fingerprint density at radius 2 is 2.05 bits per heavy atom. The molecule has 7 heteroatoms. The maximum atomic E-state index is 12.4. The molecule has 22 heavy (non-hydrogen) atoms. The SMILES string of the molecule is CC(NC(=O)c1ccc(Cl)cc1)C(=O)N1CCCC1CN.Cl. The minimum Gasteiger partial charge on any atom is -0.341 e. The second kappa shape index (κ2) is 8.36. The molecule has 3 N–H and O–H groups in total. The highest BCUT2D eigenvalue weighted by Gasteiger charge is 2.31. The van der Waals surface area contributed by atoms with E-state index in [4.69, 9.17) is 17.3 Å². The number of carbonyl (C=O) groups excluding carboxylic acids is 2. The number of hydrogen-bond acceptors (Lipinski definition) is 3. The third-order valence-corrected chi connectivity index (χ3v) is 4.01. The van der Waals surface area contributed by atoms with Gasteiger partial charge in [0.2, 0.25) is 5.91 Å². The molecule has 1 aromatic carbocycles. The van der Waals surface area contributed by atoms with Gasteiger partial charge in [0.15, 0.2) is 0 Å². The van der Waals surface area contributed by atoms with Crippen molar-refractivity contribution in [2.24, 2.45) is 5.73 Å². The Hall–Kier alpha value is -1.30. The Morgan fingerprint density at radius 3 is 2.64 bits per heavy atom. The van der Waals surface area contributed by atoms with Gasteiger partial charge in [0, 0.05) is 29.7 Å². The first kappa shape index (κ1) is 18.7. The van der Waals surface area contributed by atoms with Crippen LogP contribution in [0, 0.1) is 0 Å². The van der Waals surface area contributed by atoms with Gasteiger partial charge in [-0.05, 0) is 44.0 Å². The molecule has 1 saturated heterocycles. The number of benzene rings is 1. The minimum absolute atomic E-state index is 0. The van der Waals surface area contributed by atoms with Crippen molar-refractivity contribution in [1.29, 1.82) is 0 Å². The summed E-state index contributed by atoms with van der Waals surface area (Å²) in [4.78, 5) is 26.2. The maximum absolute atomic E-state index is 12.4. The van der Waals surface area contributed by atoms with E-state index in [0.29, 0.717) is 23.7 Å². The lowest BCUT2D eigenvalue weighted by Crippen LogP contribution is -2.50. The molecule has 5 nitrogen and oxygen atoms in total. The number of nitrogens with one attached hydrogen (secondary N) is 1. The largest absolute Gasteiger partial charge is 0.341 e. The predicted molar refractivity (Wildman–Crippen MR) is 89.4 cm³/mol. The van der Waals surface area contributed by atoms with E-state index in [2.05, 4.69) is 5.32 Å². The Kier molecular flexibility index (Phi) is 7.13. The summed E-state index contributed by atoms with van der Waals surface area (Å²) >= 11 is 5.79. The Morgan fingerprint density at radius 1 is 1.41 bits per heavy atom. The van der Waals surface area contributed by atoms with Crippen molar-refractivity contribution in [3.8, 4) is 0 Å². The predicted octanol–water partition coefficient (Wildman–Crippen LogP) is 1.83. The van der Waals surface area contributed by atoms with Gasteiger partial charge in [-0.15, -0.1) is 12.4 Å². The number of nitrogens with zero attached hydrogens (tertiary/aromatic N) is 1. The van der Waals surface area contributed by atoms with Crippen molar-refractivity contribution in [1.82, 2.24) is 10.2 Å². The smallest absolute Gasteiger partial charge is 0.251 e. The zero-order valence-electron chi connectivity index (χ0n) is 12.4. The summed E-state index contributed by atoms with van der Waals surface area (Å²) in [6.07, 6.45) is 1.89. The first-order valence-electron chi connectivity index (χ1n) is 7.10. The summed E-state index contributed by atoms with van der Waals surface area (Å²) in [5, 5.41) is 3.29. The summed E-state index contributed by atoms with van der Waals surface area (Å²) in [5.41, 5.74) is 6.16. The summed E-state index contributed by atoms with van der Waals surface area (Å²) in [6, 6.07) is 6.08. The molecule has 0 bridgehead atoms. The average Bonchev–Trinajstić information content (AvgIpc) is 2.95. The first-order valence-corrected chi connectivity index (χ1v) is 7.47. The van der Waals surface area contributed by atoms with Crippen LogP contribution in [0.4, 0.5) is 0 Å². The number of carbonyl (C=O) groups is 2. The molecule has 1 aromatic rings. The molecule has 2 atom stereocenters. The zero-order chi connectivity index (χ0) is 15.4. The van der Waals surface area contributed by atoms with E-state index < -0.39 is 6.04 Å². The molecule has 1 fully saturated rings. The number of nitrogens with two attached hydrogens (primary N) is 1. The fourth-order valence-electron chi connectivity index (χ4n) is 2.56. The van der Waals surface area contributed by atoms with Crippen LogP contribution in [-0.4, -0.2) is 41.9 Å². The fourth-order valence-corrected chi connectivity index (χ4v) is 2.69. The summed E-state index contributed by atoms with van der Waals surface area (Å²) in [5.74, 6) is -0.360. The monoisotopic (exact) mass is 345 g/mol. The van der Waals surface area contributed by atoms with E-state index in [1.807, 2.05) is 0 Å². The zero-order valence-corrected chi connectivity index (χ0v) is 14.0. The third kappa shape index (κ3) is 4.35. The van der Waals surface area contributed by atoms with E-state index in [9.17, 15) is 9.59 Å². The maximum Gasteiger partial charge on any atom is 0.251 e. The minimum atomic E-state index is -0.569. The molecule has 1 heterocycles. The average molecular weight is 346 g/mol. The molecule has 0 aliphatic carbocycles. The van der Waals surface area contributed by atoms with E-state index in [-0.39, 0.29) is 30.3 Å². The van der Waals surface area contributed by atoms with Gasteiger partial charge in [0.25, 0.3) is 5.91 Å². The quantitative estimate of drug-likeness (QED) is 0.873. The fraction of sp³-hybridized carbons (Fsp3) is 0.467. The van der Waals surface area contributed by atoms with Crippen LogP contribution in [0.15, 0.2) is 24.3 Å². The standard InChI is InChI=1S/C15H20ClN3O2.ClH/c1-10(15(21)19-8-2-3-13(19)9-17)18-14(20)11-4-6-12(16)7-5-11;/h4-7,10,13H,2-3,8-9,17H2,1H3,(H,18,20);1H. The molecule has 0 spiro atoms. The van der Waals surface area contributed by atoms with Crippen molar-refractivity contribution in [3.05, 3.63) is 34.9 Å². The number of halogens is 2. The van der Waals surface area contributed by atoms with Crippen LogP contribution in [0.5, 0.6) is 0 Å². The van der Waals surface area contributed by atoms with Crippen molar-refractivity contribution in [3.63, 3.8) is 0 Å². The number of rotatable bonds is 4. The Bertz CT molecular complexity index is 522. The Balaban J connectivity index is 0.00000242. The topological polar surface area (TPSA) is 75.4 Å². The molecule has 0 radical (unpaired) electrons. The van der Waals surface area contributed by atoms with Crippen molar-refractivity contribution >= 4 is 35.8 Å². The molecule has 2 unspecified atom stereocenters. The van der Waals surface area contributed by atoms with Crippen LogP contribution in [0.1, 0.15) is 30.1 Å². The lowest BCUT2D eigenvalue weighted by Gasteiger charge is -2.27. The molecule has 1 aliphatic heterocycles. The Labute approximate surface area is 141 Å². The molecule has 1 aliphatic rings. The highest BCUT2D eigenvalue weighted by atomic mass is 35.5. The summed E-state index contributed by atoms with van der Waals surface area (Å²) < 4.78 is 0. The van der Waals surface area contributed by atoms with Gasteiger partial charge in [-0.25, -0.2) is 0 Å². The molecular formula is C15H21Cl2N3O2. The van der Waals surface area contributed by atoms with Crippen LogP contribution in [0.2, 0.25) is 5.02 Å². The van der Waals surface area contributed by atoms with Gasteiger partial charge in [-0.2, -0.15) is 0 Å². The van der Waals surface area contributed by atoms with Crippen molar-refractivity contribution < 1.29 is 9.59 Å². The summed E-state index contributed by atoms with van der Waals surface area (Å²) in [7, 11) is 0. The molecule has 122 valence electrons. The van der Waals surface area contributed by atoms with Gasteiger partial charge < -0.3 is 16.0 Å². The number of amides is 2. The number of likely N-dealkylation sites (tertiary alicyclic amines) is 1. The second-order valence-corrected chi connectivity index (χ2v) is 5.70. The second-order valence-electron chi connectivity index (χ2n) is 5.27. The van der Waals surface area contributed by atoms with E-state index in [0.717, 1.165) is 12.8 Å². The van der Waals surface area contributed by atoms with Gasteiger partial charge in [0.05, 0.1) is 0 Å². The van der Waals surface area contributed by atoms with Gasteiger partial charge in [-0.1, -0.05) is 11.6 Å². The van der Waals surface area contributed by atoms with Crippen LogP contribution < -0.4 is 11.1 Å². The first-order chi connectivity index (χ1) is 10.0. The van der Waals surface area contributed by atoms with E-state index in [1.165, 1.54) is 0 Å². The summed E-state index contributed by atoms with van der Waals surface area (Å²) in [6.45, 7) is 2.87.